The Bertz CT molecular complexity index is 884. The molecule has 1 aliphatic heterocycles. The molecular formula is C21H26F2IN3O4. The first-order valence-corrected chi connectivity index (χ1v) is 9.63. The monoisotopic (exact) mass is 549 g/mol. The first-order valence-electron chi connectivity index (χ1n) is 9.63. The van der Waals surface area contributed by atoms with Crippen LogP contribution in [0.5, 0.6) is 23.0 Å². The predicted octanol–water partition coefficient (Wildman–Crippen LogP) is 3.94. The molecule has 0 bridgehead atoms. The van der Waals surface area contributed by atoms with Crippen molar-refractivity contribution in [2.75, 3.05) is 27.0 Å². The zero-order valence-corrected chi connectivity index (χ0v) is 19.7. The molecule has 2 aromatic carbocycles. The minimum absolute atomic E-state index is 0. The molecule has 31 heavy (non-hydrogen) atoms. The summed E-state index contributed by atoms with van der Waals surface area (Å²) in [6, 6.07) is 10.9. The lowest BCUT2D eigenvalue weighted by molar-refractivity contribution is -0.0520. The van der Waals surface area contributed by atoms with Crippen molar-refractivity contribution in [3.63, 3.8) is 0 Å². The van der Waals surface area contributed by atoms with Gasteiger partial charge in [-0.3, -0.25) is 4.99 Å². The summed E-state index contributed by atoms with van der Waals surface area (Å²) in [7, 11) is 1.64. The zero-order chi connectivity index (χ0) is 21.3. The average Bonchev–Trinajstić information content (AvgIpc) is 3.20. The molecule has 0 aromatic heterocycles. The van der Waals surface area contributed by atoms with Crippen LogP contribution in [0.25, 0.3) is 0 Å². The van der Waals surface area contributed by atoms with Gasteiger partial charge >= 0.3 is 6.61 Å². The van der Waals surface area contributed by atoms with Crippen molar-refractivity contribution in [2.45, 2.75) is 26.5 Å². The fraction of sp³-hybridized carbons (Fsp3) is 0.381. The third kappa shape index (κ3) is 7.01. The largest absolute Gasteiger partial charge is 0.490 e. The summed E-state index contributed by atoms with van der Waals surface area (Å²) < 4.78 is 46.5. The number of nitrogens with zero attached hydrogens (tertiary/aromatic N) is 1. The second-order valence-electron chi connectivity index (χ2n) is 6.35. The molecule has 0 fully saturated rings. The van der Waals surface area contributed by atoms with Gasteiger partial charge in [0.25, 0.3) is 0 Å². The van der Waals surface area contributed by atoms with Crippen LogP contribution >= 0.6 is 24.0 Å². The third-order valence-electron chi connectivity index (χ3n) is 4.38. The number of benzene rings is 2. The highest BCUT2D eigenvalue weighted by molar-refractivity contribution is 14.0. The van der Waals surface area contributed by atoms with Crippen molar-refractivity contribution in [2.24, 2.45) is 4.99 Å². The van der Waals surface area contributed by atoms with E-state index in [4.69, 9.17) is 14.2 Å². The number of hydrogen-bond acceptors (Lipinski definition) is 5. The van der Waals surface area contributed by atoms with Gasteiger partial charge in [0.2, 0.25) is 6.79 Å². The van der Waals surface area contributed by atoms with Crippen molar-refractivity contribution < 1.29 is 27.7 Å². The number of rotatable bonds is 9. The van der Waals surface area contributed by atoms with Gasteiger partial charge in [-0.1, -0.05) is 18.2 Å². The Balaban J connectivity index is 0.00000341. The Morgan fingerprint density at radius 3 is 2.71 bits per heavy atom. The van der Waals surface area contributed by atoms with E-state index in [2.05, 4.69) is 20.4 Å². The summed E-state index contributed by atoms with van der Waals surface area (Å²) in [5.74, 6) is 2.34. The van der Waals surface area contributed by atoms with Crippen LogP contribution in [0.1, 0.15) is 18.1 Å². The molecule has 2 N–H and O–H groups in total. The van der Waals surface area contributed by atoms with E-state index in [-0.39, 0.29) is 48.8 Å². The Hall–Kier alpha value is -2.50. The van der Waals surface area contributed by atoms with Crippen LogP contribution in [0.15, 0.2) is 41.4 Å². The Kier molecular flexibility index (Phi) is 9.89. The van der Waals surface area contributed by atoms with Gasteiger partial charge in [-0.2, -0.15) is 8.78 Å². The molecule has 0 atom stereocenters. The lowest BCUT2D eigenvalue weighted by Gasteiger charge is -2.17. The highest BCUT2D eigenvalue weighted by Gasteiger charge is 2.16. The molecule has 7 nitrogen and oxygen atoms in total. The van der Waals surface area contributed by atoms with Crippen molar-refractivity contribution in [3.05, 3.63) is 47.5 Å². The maximum atomic E-state index is 12.8. The van der Waals surface area contributed by atoms with Gasteiger partial charge in [0.15, 0.2) is 29.0 Å². The van der Waals surface area contributed by atoms with Crippen LogP contribution in [0.4, 0.5) is 8.78 Å². The minimum Gasteiger partial charge on any atom is -0.490 e. The van der Waals surface area contributed by atoms with Crippen molar-refractivity contribution in [1.29, 1.82) is 0 Å². The number of ether oxygens (including phenoxy) is 4. The SMILES string of the molecule is CCOc1cccc(CNC(=NC)NCCc2ccc3c(c2)OCO3)c1OC(F)F.I. The summed E-state index contributed by atoms with van der Waals surface area (Å²) in [6.45, 7) is 0.299. The molecule has 3 rings (SSSR count). The van der Waals surface area contributed by atoms with E-state index in [9.17, 15) is 8.78 Å². The van der Waals surface area contributed by atoms with Crippen LogP contribution < -0.4 is 29.6 Å². The molecule has 0 spiro atoms. The van der Waals surface area contributed by atoms with Crippen LogP contribution in [0, 0.1) is 0 Å². The van der Waals surface area contributed by atoms with Gasteiger partial charge in [0.05, 0.1) is 6.61 Å². The van der Waals surface area contributed by atoms with Crippen LogP contribution in [-0.2, 0) is 13.0 Å². The maximum Gasteiger partial charge on any atom is 0.387 e. The number of fused-ring (bicyclic) bond motifs is 1. The number of halogens is 3. The molecule has 10 heteroatoms. The lowest BCUT2D eigenvalue weighted by atomic mass is 10.1. The second kappa shape index (κ2) is 12.4. The predicted molar refractivity (Wildman–Crippen MR) is 124 cm³/mol. The first kappa shape index (κ1) is 24.8. The molecule has 0 saturated heterocycles. The van der Waals surface area contributed by atoms with Gasteiger partial charge in [0.1, 0.15) is 0 Å². The van der Waals surface area contributed by atoms with E-state index < -0.39 is 6.61 Å². The van der Waals surface area contributed by atoms with Gasteiger partial charge in [-0.25, -0.2) is 0 Å². The summed E-state index contributed by atoms with van der Waals surface area (Å²) >= 11 is 0. The Labute approximate surface area is 197 Å². The summed E-state index contributed by atoms with van der Waals surface area (Å²) in [5.41, 5.74) is 1.64. The quantitative estimate of drug-likeness (QED) is 0.281. The maximum absolute atomic E-state index is 12.8. The summed E-state index contributed by atoms with van der Waals surface area (Å²) in [6.07, 6.45) is 0.747. The van der Waals surface area contributed by atoms with E-state index in [0.29, 0.717) is 24.7 Å². The summed E-state index contributed by atoms with van der Waals surface area (Å²) in [5, 5.41) is 6.31. The fourth-order valence-corrected chi connectivity index (χ4v) is 3.01. The molecule has 0 radical (unpaired) electrons. The van der Waals surface area contributed by atoms with Gasteiger partial charge in [-0.05, 0) is 37.1 Å². The van der Waals surface area contributed by atoms with Crippen molar-refractivity contribution in [1.82, 2.24) is 10.6 Å². The molecule has 1 heterocycles. The van der Waals surface area contributed by atoms with Crippen molar-refractivity contribution >= 4 is 29.9 Å². The van der Waals surface area contributed by atoms with Crippen molar-refractivity contribution in [3.8, 4) is 23.0 Å². The number of guanidine groups is 1. The first-order chi connectivity index (χ1) is 14.6. The zero-order valence-electron chi connectivity index (χ0n) is 17.3. The van der Waals surface area contributed by atoms with E-state index in [1.807, 2.05) is 18.2 Å². The highest BCUT2D eigenvalue weighted by atomic mass is 127. The normalized spacial score (nSPS) is 12.4. The average molecular weight is 549 g/mol. The molecule has 2 aromatic rings. The van der Waals surface area contributed by atoms with Crippen LogP contribution in [0.3, 0.4) is 0 Å². The van der Waals surface area contributed by atoms with Gasteiger partial charge in [-0.15, -0.1) is 24.0 Å². The van der Waals surface area contributed by atoms with Gasteiger partial charge in [0, 0.05) is 25.7 Å². The van der Waals surface area contributed by atoms with Gasteiger partial charge < -0.3 is 29.6 Å². The Morgan fingerprint density at radius 2 is 1.97 bits per heavy atom. The topological polar surface area (TPSA) is 73.3 Å². The highest BCUT2D eigenvalue weighted by Crippen LogP contribution is 2.33. The molecular weight excluding hydrogens is 523 g/mol. The van der Waals surface area contributed by atoms with E-state index in [1.165, 1.54) is 0 Å². The molecule has 1 aliphatic rings. The number of aliphatic imine (C=N–C) groups is 1. The number of alkyl halides is 2. The molecule has 0 aliphatic carbocycles. The molecule has 0 amide bonds. The third-order valence-corrected chi connectivity index (χ3v) is 4.38. The molecule has 0 unspecified atom stereocenters. The van der Waals surface area contributed by atoms with Crippen LogP contribution in [0.2, 0.25) is 0 Å². The smallest absolute Gasteiger partial charge is 0.387 e. The van der Waals surface area contributed by atoms with Crippen LogP contribution in [-0.4, -0.2) is 39.6 Å². The summed E-state index contributed by atoms with van der Waals surface area (Å²) in [4.78, 5) is 4.17. The molecule has 0 saturated carbocycles. The lowest BCUT2D eigenvalue weighted by Crippen LogP contribution is -2.38. The van der Waals surface area contributed by atoms with E-state index in [1.54, 1.807) is 32.2 Å². The fourth-order valence-electron chi connectivity index (χ4n) is 3.01. The standard InChI is InChI=1S/C21H25F2N3O4.HI/c1-3-27-17-6-4-5-15(19(17)30-20(22)23)12-26-21(24-2)25-10-9-14-7-8-16-18(11-14)29-13-28-16;/h4-8,11,20H,3,9-10,12-13H2,1-2H3,(H2,24,25,26);1H. The minimum atomic E-state index is -2.94. The van der Waals surface area contributed by atoms with E-state index >= 15 is 0 Å². The molecule has 170 valence electrons. The Morgan fingerprint density at radius 1 is 1.16 bits per heavy atom. The second-order valence-corrected chi connectivity index (χ2v) is 6.35. The number of hydrogen-bond donors (Lipinski definition) is 2. The number of nitrogens with one attached hydrogen (secondary N) is 2. The van der Waals surface area contributed by atoms with E-state index in [0.717, 1.165) is 23.5 Å². The number of para-hydroxylation sites is 1.